The molecule has 100 valence electrons. The van der Waals surface area contributed by atoms with Crippen LogP contribution in [-0.4, -0.2) is 40.3 Å². The zero-order chi connectivity index (χ0) is 13.2. The summed E-state index contributed by atoms with van der Waals surface area (Å²) >= 11 is 0. The smallest absolute Gasteiger partial charge is 0.190 e. The molecule has 0 aromatic heterocycles. The number of anilines is 1. The molecule has 1 rings (SSSR count). The SMILES string of the molecule is CN=C(NC)NCc1ccc(NCCOC)cc1. The van der Waals surface area contributed by atoms with E-state index in [-0.39, 0.29) is 0 Å². The van der Waals surface area contributed by atoms with Crippen molar-refractivity contribution < 1.29 is 4.74 Å². The lowest BCUT2D eigenvalue weighted by Gasteiger charge is -2.10. The Morgan fingerprint density at radius 1 is 1.28 bits per heavy atom. The number of rotatable bonds is 6. The third-order valence-corrected chi connectivity index (χ3v) is 2.51. The molecule has 0 fully saturated rings. The van der Waals surface area contributed by atoms with Crippen LogP contribution in [0.1, 0.15) is 5.56 Å². The van der Waals surface area contributed by atoms with Gasteiger partial charge in [0.1, 0.15) is 0 Å². The summed E-state index contributed by atoms with van der Waals surface area (Å²) in [5.74, 6) is 0.789. The molecule has 1 aromatic rings. The number of aliphatic imine (C=N–C) groups is 1. The predicted octanol–water partition coefficient (Wildman–Crippen LogP) is 1.04. The van der Waals surface area contributed by atoms with Gasteiger partial charge in [-0.05, 0) is 17.7 Å². The molecule has 0 aliphatic rings. The second-order valence-electron chi connectivity index (χ2n) is 3.79. The van der Waals surface area contributed by atoms with Gasteiger partial charge in [0.25, 0.3) is 0 Å². The summed E-state index contributed by atoms with van der Waals surface area (Å²) in [6, 6.07) is 8.31. The first kappa shape index (κ1) is 14.3. The van der Waals surface area contributed by atoms with Crippen molar-refractivity contribution in [3.63, 3.8) is 0 Å². The number of benzene rings is 1. The van der Waals surface area contributed by atoms with Crippen LogP contribution in [0.25, 0.3) is 0 Å². The van der Waals surface area contributed by atoms with Gasteiger partial charge in [0.05, 0.1) is 6.61 Å². The highest BCUT2D eigenvalue weighted by Crippen LogP contribution is 2.08. The minimum atomic E-state index is 0.710. The van der Waals surface area contributed by atoms with Gasteiger partial charge in [0.15, 0.2) is 5.96 Å². The van der Waals surface area contributed by atoms with E-state index in [1.165, 1.54) is 5.56 Å². The van der Waals surface area contributed by atoms with E-state index < -0.39 is 0 Å². The first-order valence-electron chi connectivity index (χ1n) is 6.00. The number of nitrogens with one attached hydrogen (secondary N) is 3. The molecule has 0 atom stereocenters. The van der Waals surface area contributed by atoms with Crippen LogP contribution in [-0.2, 0) is 11.3 Å². The average Bonchev–Trinajstić information content (AvgIpc) is 2.42. The second-order valence-corrected chi connectivity index (χ2v) is 3.79. The molecule has 0 spiro atoms. The van der Waals surface area contributed by atoms with Crippen molar-refractivity contribution in [2.24, 2.45) is 4.99 Å². The van der Waals surface area contributed by atoms with Gasteiger partial charge < -0.3 is 20.7 Å². The van der Waals surface area contributed by atoms with E-state index in [0.29, 0.717) is 6.61 Å². The summed E-state index contributed by atoms with van der Waals surface area (Å²) < 4.78 is 4.98. The maximum absolute atomic E-state index is 4.98. The van der Waals surface area contributed by atoms with Gasteiger partial charge in [0.2, 0.25) is 0 Å². The first-order valence-corrected chi connectivity index (χ1v) is 6.00. The molecule has 5 nitrogen and oxygen atoms in total. The van der Waals surface area contributed by atoms with Crippen molar-refractivity contribution in [2.75, 3.05) is 39.7 Å². The quantitative estimate of drug-likeness (QED) is 0.401. The third-order valence-electron chi connectivity index (χ3n) is 2.51. The number of hydrogen-bond acceptors (Lipinski definition) is 3. The highest BCUT2D eigenvalue weighted by molar-refractivity contribution is 5.79. The van der Waals surface area contributed by atoms with Crippen LogP contribution in [0, 0.1) is 0 Å². The van der Waals surface area contributed by atoms with Crippen LogP contribution in [0.5, 0.6) is 0 Å². The van der Waals surface area contributed by atoms with Gasteiger partial charge in [0, 0.05) is 40.0 Å². The Hall–Kier alpha value is -1.75. The van der Waals surface area contributed by atoms with Crippen molar-refractivity contribution in [3.05, 3.63) is 29.8 Å². The van der Waals surface area contributed by atoms with E-state index in [1.54, 1.807) is 14.2 Å². The highest BCUT2D eigenvalue weighted by Gasteiger charge is 1.96. The Morgan fingerprint density at radius 3 is 2.56 bits per heavy atom. The third kappa shape index (κ3) is 5.05. The standard InChI is InChI=1S/C13H22N4O/c1-14-13(15-2)17-10-11-4-6-12(7-5-11)16-8-9-18-3/h4-7,16H,8-10H2,1-3H3,(H2,14,15,17). The maximum Gasteiger partial charge on any atom is 0.190 e. The van der Waals surface area contributed by atoms with Gasteiger partial charge in [-0.3, -0.25) is 4.99 Å². The lowest BCUT2D eigenvalue weighted by molar-refractivity contribution is 0.211. The molecule has 0 bridgehead atoms. The van der Waals surface area contributed by atoms with Crippen molar-refractivity contribution in [1.82, 2.24) is 10.6 Å². The van der Waals surface area contributed by atoms with Crippen LogP contribution in [0.2, 0.25) is 0 Å². The van der Waals surface area contributed by atoms with Crippen molar-refractivity contribution >= 4 is 11.6 Å². The second kappa shape index (κ2) is 8.36. The summed E-state index contributed by atoms with van der Waals surface area (Å²) in [5, 5.41) is 9.46. The Kier molecular flexibility index (Phi) is 6.64. The van der Waals surface area contributed by atoms with Crippen LogP contribution in [0.4, 0.5) is 5.69 Å². The monoisotopic (exact) mass is 250 g/mol. The predicted molar refractivity (Wildman–Crippen MR) is 76.1 cm³/mol. The molecule has 0 saturated carbocycles. The molecule has 1 aromatic carbocycles. The van der Waals surface area contributed by atoms with Gasteiger partial charge in [-0.15, -0.1) is 0 Å². The van der Waals surface area contributed by atoms with E-state index >= 15 is 0 Å². The average molecular weight is 250 g/mol. The minimum absolute atomic E-state index is 0.710. The fourth-order valence-corrected chi connectivity index (χ4v) is 1.50. The molecular weight excluding hydrogens is 228 g/mol. The first-order chi connectivity index (χ1) is 8.80. The Labute approximate surface area is 109 Å². The number of nitrogens with zero attached hydrogens (tertiary/aromatic N) is 1. The molecule has 3 N–H and O–H groups in total. The molecule has 0 heterocycles. The fraction of sp³-hybridized carbons (Fsp3) is 0.462. The topological polar surface area (TPSA) is 57.7 Å². The molecule has 0 amide bonds. The number of hydrogen-bond donors (Lipinski definition) is 3. The van der Waals surface area contributed by atoms with E-state index in [4.69, 9.17) is 4.74 Å². The highest BCUT2D eigenvalue weighted by atomic mass is 16.5. The summed E-state index contributed by atoms with van der Waals surface area (Å²) in [6.45, 7) is 2.29. The number of methoxy groups -OCH3 is 1. The normalized spacial score (nSPS) is 11.2. The summed E-state index contributed by atoms with van der Waals surface area (Å²) in [5.41, 5.74) is 2.32. The van der Waals surface area contributed by atoms with Crippen molar-refractivity contribution in [3.8, 4) is 0 Å². The minimum Gasteiger partial charge on any atom is -0.383 e. The molecule has 18 heavy (non-hydrogen) atoms. The zero-order valence-electron chi connectivity index (χ0n) is 11.3. The molecule has 0 aliphatic carbocycles. The van der Waals surface area contributed by atoms with E-state index in [9.17, 15) is 0 Å². The van der Waals surface area contributed by atoms with Crippen LogP contribution < -0.4 is 16.0 Å². The van der Waals surface area contributed by atoms with Crippen LogP contribution in [0.15, 0.2) is 29.3 Å². The molecule has 0 saturated heterocycles. The Balaban J connectivity index is 2.40. The largest absolute Gasteiger partial charge is 0.383 e. The van der Waals surface area contributed by atoms with E-state index in [1.807, 2.05) is 7.05 Å². The Morgan fingerprint density at radius 2 is 2.00 bits per heavy atom. The van der Waals surface area contributed by atoms with Gasteiger partial charge in [-0.2, -0.15) is 0 Å². The van der Waals surface area contributed by atoms with Gasteiger partial charge in [-0.1, -0.05) is 12.1 Å². The Bertz CT molecular complexity index is 362. The zero-order valence-corrected chi connectivity index (χ0v) is 11.3. The van der Waals surface area contributed by atoms with E-state index in [2.05, 4.69) is 45.2 Å². The molecule has 5 heteroatoms. The summed E-state index contributed by atoms with van der Waals surface area (Å²) in [7, 11) is 5.30. The molecule has 0 radical (unpaired) electrons. The molecule has 0 aliphatic heterocycles. The number of guanidine groups is 1. The van der Waals surface area contributed by atoms with Crippen molar-refractivity contribution in [1.29, 1.82) is 0 Å². The maximum atomic E-state index is 4.98. The molecular formula is C13H22N4O. The number of ether oxygens (including phenoxy) is 1. The van der Waals surface area contributed by atoms with Crippen LogP contribution in [0.3, 0.4) is 0 Å². The van der Waals surface area contributed by atoms with E-state index in [0.717, 1.165) is 24.7 Å². The lowest BCUT2D eigenvalue weighted by atomic mass is 10.2. The van der Waals surface area contributed by atoms with Gasteiger partial charge in [-0.25, -0.2) is 0 Å². The summed E-state index contributed by atoms with van der Waals surface area (Å²) in [4.78, 5) is 4.06. The summed E-state index contributed by atoms with van der Waals surface area (Å²) in [6.07, 6.45) is 0. The van der Waals surface area contributed by atoms with Crippen LogP contribution >= 0.6 is 0 Å². The van der Waals surface area contributed by atoms with Gasteiger partial charge >= 0.3 is 0 Å². The van der Waals surface area contributed by atoms with Crippen molar-refractivity contribution in [2.45, 2.75) is 6.54 Å². The molecule has 0 unspecified atom stereocenters. The lowest BCUT2D eigenvalue weighted by Crippen LogP contribution is -2.34. The fourth-order valence-electron chi connectivity index (χ4n) is 1.50.